The molecule has 0 spiro atoms. The Bertz CT molecular complexity index is 961. The molecule has 156 valence electrons. The van der Waals surface area contributed by atoms with Gasteiger partial charge < -0.3 is 9.64 Å². The second-order valence-corrected chi connectivity index (χ2v) is 9.57. The molecule has 1 atom stereocenters. The molecule has 1 unspecified atom stereocenters. The molecule has 0 amide bonds. The van der Waals surface area contributed by atoms with Crippen molar-refractivity contribution in [1.29, 1.82) is 0 Å². The van der Waals surface area contributed by atoms with E-state index < -0.39 is 0 Å². The molecule has 1 heterocycles. The van der Waals surface area contributed by atoms with Crippen molar-refractivity contribution in [2.75, 3.05) is 18.1 Å². The van der Waals surface area contributed by atoms with Crippen LogP contribution in [0.4, 0.5) is 5.69 Å². The predicted octanol–water partition coefficient (Wildman–Crippen LogP) is 7.64. The molecular weight excluding hydrogens is 476 g/mol. The summed E-state index contributed by atoms with van der Waals surface area (Å²) in [7, 11) is 0. The zero-order valence-corrected chi connectivity index (χ0v) is 20.2. The van der Waals surface area contributed by atoms with Gasteiger partial charge in [-0.3, -0.25) is 4.79 Å². The molecule has 0 aromatic heterocycles. The molecule has 0 saturated heterocycles. The van der Waals surface area contributed by atoms with Crippen LogP contribution < -0.4 is 9.64 Å². The second kappa shape index (κ2) is 8.36. The number of rotatable bonds is 5. The van der Waals surface area contributed by atoms with E-state index in [-0.39, 0.29) is 42.3 Å². The molecule has 8 heteroatoms. The van der Waals surface area contributed by atoms with Crippen molar-refractivity contribution in [1.82, 2.24) is 0 Å². The Hall–Kier alpha value is -0.840. The standard InChI is InChI=1S/C21H20Cl5NO2/c1-10-7-14-13(8-12(10)9-28)21(3,4)11(2)27(14)5-6-29-20-18(25)16(23)15(22)17(24)19(20)26/h7-9,11H,5-6H2,1-4H3. The lowest BCUT2D eigenvalue weighted by Crippen LogP contribution is -2.41. The quantitative estimate of drug-likeness (QED) is 0.242. The van der Waals surface area contributed by atoms with Gasteiger partial charge in [0, 0.05) is 22.7 Å². The molecule has 2 aromatic carbocycles. The summed E-state index contributed by atoms with van der Waals surface area (Å²) in [5, 5.41) is 0.577. The Balaban J connectivity index is 1.87. The number of hydrogen-bond donors (Lipinski definition) is 0. The highest BCUT2D eigenvalue weighted by atomic mass is 35.5. The average molecular weight is 496 g/mol. The molecule has 1 aliphatic heterocycles. The lowest BCUT2D eigenvalue weighted by atomic mass is 9.80. The number of aryl methyl sites for hydroxylation is 1. The topological polar surface area (TPSA) is 29.5 Å². The summed E-state index contributed by atoms with van der Waals surface area (Å²) in [5.41, 5.74) is 3.77. The smallest absolute Gasteiger partial charge is 0.159 e. The van der Waals surface area contributed by atoms with Crippen LogP contribution >= 0.6 is 58.0 Å². The van der Waals surface area contributed by atoms with E-state index in [0.717, 1.165) is 23.1 Å². The van der Waals surface area contributed by atoms with Crippen LogP contribution in [0.25, 0.3) is 0 Å². The zero-order valence-electron chi connectivity index (χ0n) is 16.4. The van der Waals surface area contributed by atoms with Gasteiger partial charge in [-0.05, 0) is 37.1 Å². The number of nitrogens with zero attached hydrogens (tertiary/aromatic N) is 1. The first-order valence-corrected chi connectivity index (χ1v) is 10.9. The fourth-order valence-electron chi connectivity index (χ4n) is 3.69. The van der Waals surface area contributed by atoms with Crippen LogP contribution in [0.15, 0.2) is 12.1 Å². The summed E-state index contributed by atoms with van der Waals surface area (Å²) in [5.74, 6) is 0.214. The van der Waals surface area contributed by atoms with E-state index in [0.29, 0.717) is 18.7 Å². The Labute approximate surface area is 195 Å². The van der Waals surface area contributed by atoms with E-state index in [1.54, 1.807) is 0 Å². The van der Waals surface area contributed by atoms with E-state index in [9.17, 15) is 4.79 Å². The molecule has 3 nitrogen and oxygen atoms in total. The van der Waals surface area contributed by atoms with Gasteiger partial charge >= 0.3 is 0 Å². The Morgan fingerprint density at radius 2 is 1.59 bits per heavy atom. The average Bonchev–Trinajstić information content (AvgIpc) is 2.86. The lowest BCUT2D eigenvalue weighted by molar-refractivity contribution is 0.112. The molecule has 0 bridgehead atoms. The molecule has 2 aromatic rings. The first kappa shape index (κ1) is 22.8. The Morgan fingerprint density at radius 1 is 1.03 bits per heavy atom. The third-order valence-corrected chi connectivity index (χ3v) is 8.02. The number of halogens is 5. The SMILES string of the molecule is Cc1cc2c(cc1C=O)C(C)(C)C(C)N2CCOc1c(Cl)c(Cl)c(Cl)c(Cl)c1Cl. The van der Waals surface area contributed by atoms with Crippen molar-refractivity contribution in [3.8, 4) is 5.75 Å². The minimum Gasteiger partial charge on any atom is -0.488 e. The van der Waals surface area contributed by atoms with E-state index in [4.69, 9.17) is 62.7 Å². The number of aldehydes is 1. The highest BCUT2D eigenvalue weighted by Gasteiger charge is 2.42. The number of carbonyl (C=O) groups excluding carboxylic acids is 1. The molecule has 29 heavy (non-hydrogen) atoms. The van der Waals surface area contributed by atoms with E-state index >= 15 is 0 Å². The molecule has 0 aliphatic carbocycles. The third-order valence-electron chi connectivity index (χ3n) is 5.77. The highest BCUT2D eigenvalue weighted by Crippen LogP contribution is 2.49. The first-order chi connectivity index (χ1) is 13.5. The maximum atomic E-state index is 11.4. The van der Waals surface area contributed by atoms with Crippen molar-refractivity contribution >= 4 is 70.0 Å². The number of anilines is 1. The van der Waals surface area contributed by atoms with Crippen LogP contribution in [0.1, 0.15) is 42.3 Å². The van der Waals surface area contributed by atoms with Crippen LogP contribution in [-0.4, -0.2) is 25.5 Å². The molecule has 3 rings (SSSR count). The maximum absolute atomic E-state index is 11.4. The fourth-order valence-corrected chi connectivity index (χ4v) is 4.92. The summed E-state index contributed by atoms with van der Waals surface area (Å²) < 4.78 is 5.86. The van der Waals surface area contributed by atoms with Crippen molar-refractivity contribution in [2.45, 2.75) is 39.2 Å². The molecule has 0 N–H and O–H groups in total. The summed E-state index contributed by atoms with van der Waals surface area (Å²) in [6.45, 7) is 9.34. The minimum atomic E-state index is -0.122. The molecule has 0 fully saturated rings. The summed E-state index contributed by atoms with van der Waals surface area (Å²) >= 11 is 30.7. The maximum Gasteiger partial charge on any atom is 0.159 e. The van der Waals surface area contributed by atoms with Crippen LogP contribution in [0.2, 0.25) is 25.1 Å². The van der Waals surface area contributed by atoms with Crippen molar-refractivity contribution < 1.29 is 9.53 Å². The molecule has 0 radical (unpaired) electrons. The van der Waals surface area contributed by atoms with Gasteiger partial charge in [0.25, 0.3) is 0 Å². The first-order valence-electron chi connectivity index (χ1n) is 9.03. The number of fused-ring (bicyclic) bond motifs is 1. The Morgan fingerprint density at radius 3 is 2.14 bits per heavy atom. The predicted molar refractivity (Wildman–Crippen MR) is 123 cm³/mol. The number of benzene rings is 2. The summed E-state index contributed by atoms with van der Waals surface area (Å²) in [4.78, 5) is 13.6. The molecular formula is C21H20Cl5NO2. The van der Waals surface area contributed by atoms with Crippen LogP contribution in [0.3, 0.4) is 0 Å². The summed E-state index contributed by atoms with van der Waals surface area (Å²) in [6, 6.07) is 4.24. The molecule has 0 saturated carbocycles. The van der Waals surface area contributed by atoms with Gasteiger partial charge in [-0.2, -0.15) is 0 Å². The monoisotopic (exact) mass is 493 g/mol. The van der Waals surface area contributed by atoms with Gasteiger partial charge in [-0.25, -0.2) is 0 Å². The Kier molecular flexibility index (Phi) is 6.58. The molecule has 1 aliphatic rings. The van der Waals surface area contributed by atoms with Crippen molar-refractivity contribution in [3.63, 3.8) is 0 Å². The van der Waals surface area contributed by atoms with Crippen LogP contribution in [0.5, 0.6) is 5.75 Å². The van der Waals surface area contributed by atoms with E-state index in [1.807, 2.05) is 13.0 Å². The van der Waals surface area contributed by atoms with Crippen LogP contribution in [0, 0.1) is 6.92 Å². The number of ether oxygens (including phenoxy) is 1. The van der Waals surface area contributed by atoms with E-state index in [2.05, 4.69) is 31.7 Å². The van der Waals surface area contributed by atoms with Gasteiger partial charge in [-0.15, -0.1) is 0 Å². The zero-order chi connectivity index (χ0) is 21.7. The van der Waals surface area contributed by atoms with E-state index in [1.165, 1.54) is 0 Å². The number of hydrogen-bond acceptors (Lipinski definition) is 3. The minimum absolute atomic E-state index is 0.0981. The largest absolute Gasteiger partial charge is 0.488 e. The van der Waals surface area contributed by atoms with Crippen molar-refractivity contribution in [3.05, 3.63) is 53.9 Å². The lowest BCUT2D eigenvalue weighted by Gasteiger charge is -2.31. The number of carbonyl (C=O) groups is 1. The van der Waals surface area contributed by atoms with Crippen LogP contribution in [-0.2, 0) is 5.41 Å². The highest BCUT2D eigenvalue weighted by molar-refractivity contribution is 6.55. The van der Waals surface area contributed by atoms with Crippen molar-refractivity contribution in [2.24, 2.45) is 0 Å². The van der Waals surface area contributed by atoms with Gasteiger partial charge in [0.05, 0.1) is 21.6 Å². The van der Waals surface area contributed by atoms with Gasteiger partial charge in [0.15, 0.2) is 5.75 Å². The normalized spacial score (nSPS) is 17.4. The second-order valence-electron chi connectivity index (χ2n) is 7.68. The van der Waals surface area contributed by atoms with Gasteiger partial charge in [0.1, 0.15) is 22.9 Å². The summed E-state index contributed by atoms with van der Waals surface area (Å²) in [6.07, 6.45) is 0.903. The van der Waals surface area contributed by atoms with Gasteiger partial charge in [-0.1, -0.05) is 71.9 Å². The van der Waals surface area contributed by atoms with Gasteiger partial charge in [0.2, 0.25) is 0 Å². The fraction of sp³-hybridized carbons (Fsp3) is 0.381. The third kappa shape index (κ3) is 3.81.